The van der Waals surface area contributed by atoms with Crippen LogP contribution in [0, 0.1) is 0 Å². The van der Waals surface area contributed by atoms with Crippen molar-refractivity contribution in [1.29, 1.82) is 0 Å². The number of aromatic carboxylic acids is 1. The molecule has 0 amide bonds. The minimum atomic E-state index is -1.05. The molecule has 1 rings (SSSR count). The van der Waals surface area contributed by atoms with Gasteiger partial charge in [-0.05, 0) is 28.1 Å². The van der Waals surface area contributed by atoms with E-state index in [1.165, 1.54) is 6.07 Å². The first-order valence-corrected chi connectivity index (χ1v) is 4.66. The molecule has 0 atom stereocenters. The van der Waals surface area contributed by atoms with Crippen LogP contribution in [0.1, 0.15) is 10.4 Å². The predicted octanol–water partition coefficient (Wildman–Crippen LogP) is 2.50. The number of rotatable bonds is 4. The minimum Gasteiger partial charge on any atom is -0.490 e. The molecule has 0 spiro atoms. The molecule has 1 N–H and O–H groups in total. The summed E-state index contributed by atoms with van der Waals surface area (Å²) >= 11 is 3.08. The first kappa shape index (κ1) is 11.0. The third-order valence-corrected chi connectivity index (χ3v) is 2.35. The van der Waals surface area contributed by atoms with Crippen molar-refractivity contribution in [3.8, 4) is 5.75 Å². The van der Waals surface area contributed by atoms with Gasteiger partial charge in [0.25, 0.3) is 0 Å². The molecule has 0 aliphatic heterocycles. The van der Waals surface area contributed by atoms with Crippen molar-refractivity contribution in [2.45, 2.75) is 0 Å². The zero-order chi connectivity index (χ0) is 10.6. The van der Waals surface area contributed by atoms with Crippen LogP contribution in [0.25, 0.3) is 0 Å². The molecule has 0 bridgehead atoms. The molecule has 0 aliphatic rings. The zero-order valence-electron chi connectivity index (χ0n) is 7.17. The van der Waals surface area contributed by atoms with Gasteiger partial charge in [0.2, 0.25) is 0 Å². The van der Waals surface area contributed by atoms with Crippen LogP contribution in [-0.2, 0) is 0 Å². The van der Waals surface area contributed by atoms with Crippen LogP contribution in [0.5, 0.6) is 5.75 Å². The van der Waals surface area contributed by atoms with Gasteiger partial charge in [-0.25, -0.2) is 9.18 Å². The highest BCUT2D eigenvalue weighted by Gasteiger charge is 2.11. The summed E-state index contributed by atoms with van der Waals surface area (Å²) in [6, 6.07) is 4.56. The van der Waals surface area contributed by atoms with Gasteiger partial charge >= 0.3 is 5.97 Å². The molecular weight excluding hydrogens is 255 g/mol. The molecule has 0 unspecified atom stereocenters. The summed E-state index contributed by atoms with van der Waals surface area (Å²) in [5.41, 5.74) is 0.0985. The summed E-state index contributed by atoms with van der Waals surface area (Å²) in [4.78, 5) is 10.7. The zero-order valence-corrected chi connectivity index (χ0v) is 8.75. The van der Waals surface area contributed by atoms with E-state index in [2.05, 4.69) is 15.9 Å². The van der Waals surface area contributed by atoms with E-state index in [0.29, 0.717) is 10.2 Å². The lowest BCUT2D eigenvalue weighted by atomic mass is 10.2. The maximum Gasteiger partial charge on any atom is 0.336 e. The van der Waals surface area contributed by atoms with Crippen molar-refractivity contribution in [1.82, 2.24) is 0 Å². The number of alkyl halides is 1. The van der Waals surface area contributed by atoms with Gasteiger partial charge in [0.15, 0.2) is 0 Å². The molecule has 14 heavy (non-hydrogen) atoms. The first-order valence-electron chi connectivity index (χ1n) is 3.87. The van der Waals surface area contributed by atoms with Crippen LogP contribution in [0.4, 0.5) is 4.39 Å². The average molecular weight is 263 g/mol. The van der Waals surface area contributed by atoms with Gasteiger partial charge in [0.05, 0.1) is 10.0 Å². The van der Waals surface area contributed by atoms with Crippen molar-refractivity contribution >= 4 is 21.9 Å². The molecule has 0 radical (unpaired) electrons. The van der Waals surface area contributed by atoms with E-state index in [0.717, 1.165) is 0 Å². The highest BCUT2D eigenvalue weighted by molar-refractivity contribution is 9.10. The number of hydrogen-bond acceptors (Lipinski definition) is 2. The number of carbonyl (C=O) groups is 1. The van der Waals surface area contributed by atoms with Crippen LogP contribution < -0.4 is 4.74 Å². The monoisotopic (exact) mass is 262 g/mol. The van der Waals surface area contributed by atoms with E-state index in [4.69, 9.17) is 9.84 Å². The number of carboxylic acid groups (broad SMARTS) is 1. The van der Waals surface area contributed by atoms with Crippen molar-refractivity contribution in [3.05, 3.63) is 28.2 Å². The molecule has 0 heterocycles. The highest BCUT2D eigenvalue weighted by atomic mass is 79.9. The van der Waals surface area contributed by atoms with Crippen LogP contribution in [0.3, 0.4) is 0 Å². The normalized spacial score (nSPS) is 9.86. The van der Waals surface area contributed by atoms with Crippen molar-refractivity contribution in [3.63, 3.8) is 0 Å². The Hall–Kier alpha value is -1.10. The van der Waals surface area contributed by atoms with E-state index < -0.39 is 12.6 Å². The second-order valence-electron chi connectivity index (χ2n) is 2.46. The van der Waals surface area contributed by atoms with Gasteiger partial charge in [0, 0.05) is 0 Å². The summed E-state index contributed by atoms with van der Waals surface area (Å²) in [7, 11) is 0. The van der Waals surface area contributed by atoms with Gasteiger partial charge < -0.3 is 9.84 Å². The molecule has 0 fully saturated rings. The quantitative estimate of drug-likeness (QED) is 0.907. The molecule has 0 aromatic heterocycles. The Morgan fingerprint density at radius 3 is 2.86 bits per heavy atom. The Morgan fingerprint density at radius 2 is 2.29 bits per heavy atom. The molecule has 1 aromatic carbocycles. The van der Waals surface area contributed by atoms with E-state index in [9.17, 15) is 9.18 Å². The average Bonchev–Trinajstić information content (AvgIpc) is 2.16. The lowest BCUT2D eigenvalue weighted by Gasteiger charge is -2.07. The summed E-state index contributed by atoms with van der Waals surface area (Å²) in [5, 5.41) is 8.76. The summed E-state index contributed by atoms with van der Waals surface area (Å²) < 4.78 is 17.1. The Bertz CT molecular complexity index is 341. The Balaban J connectivity index is 2.95. The minimum absolute atomic E-state index is 0.0817. The Labute approximate surface area is 88.6 Å². The molecule has 76 valence electrons. The van der Waals surface area contributed by atoms with Crippen LogP contribution >= 0.6 is 15.9 Å². The first-order chi connectivity index (χ1) is 6.66. The summed E-state index contributed by atoms with van der Waals surface area (Å²) in [6.07, 6.45) is 0. The number of carboxylic acids is 1. The SMILES string of the molecule is O=C(O)c1cccc(OCCF)c1Br. The van der Waals surface area contributed by atoms with Crippen LogP contribution in [-0.4, -0.2) is 24.4 Å². The third-order valence-electron chi connectivity index (χ3n) is 1.53. The lowest BCUT2D eigenvalue weighted by Crippen LogP contribution is -2.03. The van der Waals surface area contributed by atoms with Gasteiger partial charge in [-0.3, -0.25) is 0 Å². The van der Waals surface area contributed by atoms with E-state index in [-0.39, 0.29) is 12.2 Å². The van der Waals surface area contributed by atoms with Gasteiger partial charge in [-0.1, -0.05) is 6.07 Å². The number of hydrogen-bond donors (Lipinski definition) is 1. The van der Waals surface area contributed by atoms with Gasteiger partial charge in [0.1, 0.15) is 19.0 Å². The molecular formula is C9H8BrFO3. The Morgan fingerprint density at radius 1 is 1.57 bits per heavy atom. The second kappa shape index (κ2) is 4.95. The number of ether oxygens (including phenoxy) is 1. The standard InChI is InChI=1S/C9H8BrFO3/c10-8-6(9(12)13)2-1-3-7(8)14-5-4-11/h1-3H,4-5H2,(H,12,13). The summed E-state index contributed by atoms with van der Waals surface area (Å²) in [6.45, 7) is -0.689. The largest absolute Gasteiger partial charge is 0.490 e. The van der Waals surface area contributed by atoms with Crippen molar-refractivity contribution < 1.29 is 19.0 Å². The van der Waals surface area contributed by atoms with Gasteiger partial charge in [-0.2, -0.15) is 0 Å². The molecule has 3 nitrogen and oxygen atoms in total. The number of benzene rings is 1. The molecule has 0 aliphatic carbocycles. The molecule has 0 saturated carbocycles. The Kier molecular flexibility index (Phi) is 3.88. The highest BCUT2D eigenvalue weighted by Crippen LogP contribution is 2.28. The molecule has 1 aromatic rings. The van der Waals surface area contributed by atoms with E-state index >= 15 is 0 Å². The third kappa shape index (κ3) is 2.45. The van der Waals surface area contributed by atoms with Crippen LogP contribution in [0.2, 0.25) is 0 Å². The fourth-order valence-electron chi connectivity index (χ4n) is 0.936. The maximum absolute atomic E-state index is 11.8. The topological polar surface area (TPSA) is 46.5 Å². The van der Waals surface area contributed by atoms with E-state index in [1.807, 2.05) is 0 Å². The summed E-state index contributed by atoms with van der Waals surface area (Å²) in [5.74, 6) is -0.717. The fraction of sp³-hybridized carbons (Fsp3) is 0.222. The molecule has 5 heteroatoms. The van der Waals surface area contributed by atoms with Crippen molar-refractivity contribution in [2.24, 2.45) is 0 Å². The van der Waals surface area contributed by atoms with Crippen LogP contribution in [0.15, 0.2) is 22.7 Å². The van der Waals surface area contributed by atoms with Crippen molar-refractivity contribution in [2.75, 3.05) is 13.3 Å². The molecule has 0 saturated heterocycles. The van der Waals surface area contributed by atoms with Gasteiger partial charge in [-0.15, -0.1) is 0 Å². The maximum atomic E-state index is 11.8. The number of halogens is 2. The smallest absolute Gasteiger partial charge is 0.336 e. The van der Waals surface area contributed by atoms with E-state index in [1.54, 1.807) is 12.1 Å². The second-order valence-corrected chi connectivity index (χ2v) is 3.25. The lowest BCUT2D eigenvalue weighted by molar-refractivity contribution is 0.0695. The fourth-order valence-corrected chi connectivity index (χ4v) is 1.48. The predicted molar refractivity (Wildman–Crippen MR) is 52.6 cm³/mol.